The minimum Gasteiger partial charge on any atom is -0.394 e. The van der Waals surface area contributed by atoms with Crippen LogP contribution in [0.15, 0.2) is 24.4 Å². The summed E-state index contributed by atoms with van der Waals surface area (Å²) in [6.45, 7) is 0.204. The van der Waals surface area contributed by atoms with Crippen molar-refractivity contribution in [1.82, 2.24) is 9.78 Å². The summed E-state index contributed by atoms with van der Waals surface area (Å²) >= 11 is 0. The maximum absolute atomic E-state index is 12.2. The lowest BCUT2D eigenvalue weighted by atomic mass is 10.1. The van der Waals surface area contributed by atoms with Crippen LogP contribution in [0, 0.1) is 0 Å². The van der Waals surface area contributed by atoms with E-state index in [1.807, 2.05) is 12.1 Å². The summed E-state index contributed by atoms with van der Waals surface area (Å²) in [6.07, 6.45) is 4.78. The van der Waals surface area contributed by atoms with Crippen LogP contribution in [0.2, 0.25) is 0 Å². The number of anilines is 2. The number of carbonyl (C=O) groups excluding carboxylic acids is 1. The second kappa shape index (κ2) is 5.57. The van der Waals surface area contributed by atoms with Gasteiger partial charge in [0.25, 0.3) is 5.91 Å². The van der Waals surface area contributed by atoms with Gasteiger partial charge >= 0.3 is 0 Å². The molecule has 1 heterocycles. The Morgan fingerprint density at radius 2 is 2.19 bits per heavy atom. The predicted octanol–water partition coefficient (Wildman–Crippen LogP) is 1.20. The Kier molecular flexibility index (Phi) is 3.62. The molecular weight excluding hydrogens is 268 g/mol. The van der Waals surface area contributed by atoms with Gasteiger partial charge in [0.15, 0.2) is 0 Å². The molecule has 6 heteroatoms. The number of aryl methyl sites for hydroxylation is 2. The van der Waals surface area contributed by atoms with Crippen LogP contribution >= 0.6 is 0 Å². The first-order chi connectivity index (χ1) is 10.2. The maximum atomic E-state index is 12.2. The molecule has 0 bridgehead atoms. The second-order valence-corrected chi connectivity index (χ2v) is 5.18. The lowest BCUT2D eigenvalue weighted by Crippen LogP contribution is -2.15. The fraction of sp³-hybridized carbons (Fsp3) is 0.333. The molecule has 0 radical (unpaired) electrons. The van der Waals surface area contributed by atoms with Crippen molar-refractivity contribution in [2.45, 2.75) is 25.8 Å². The third kappa shape index (κ3) is 2.62. The Morgan fingerprint density at radius 1 is 1.38 bits per heavy atom. The zero-order valence-electron chi connectivity index (χ0n) is 11.7. The first kappa shape index (κ1) is 13.6. The molecule has 1 aromatic heterocycles. The highest BCUT2D eigenvalue weighted by atomic mass is 16.3. The quantitative estimate of drug-likeness (QED) is 0.787. The fourth-order valence-electron chi connectivity index (χ4n) is 2.69. The number of nitrogens with one attached hydrogen (secondary N) is 1. The Bertz CT molecular complexity index is 678. The molecule has 1 aliphatic rings. The molecule has 0 spiro atoms. The van der Waals surface area contributed by atoms with Crippen molar-refractivity contribution in [2.24, 2.45) is 0 Å². The Hall–Kier alpha value is -2.34. The van der Waals surface area contributed by atoms with Crippen molar-refractivity contribution in [3.8, 4) is 0 Å². The number of hydrogen-bond donors (Lipinski definition) is 3. The lowest BCUT2D eigenvalue weighted by molar-refractivity contribution is 0.102. The van der Waals surface area contributed by atoms with Crippen molar-refractivity contribution in [2.75, 3.05) is 17.7 Å². The molecule has 0 saturated carbocycles. The van der Waals surface area contributed by atoms with E-state index in [4.69, 9.17) is 10.8 Å². The average Bonchev–Trinajstić information content (AvgIpc) is 3.06. The Labute approximate surface area is 122 Å². The van der Waals surface area contributed by atoms with E-state index in [0.717, 1.165) is 18.5 Å². The lowest BCUT2D eigenvalue weighted by Gasteiger charge is -2.07. The smallest absolute Gasteiger partial charge is 0.261 e. The zero-order valence-corrected chi connectivity index (χ0v) is 11.7. The summed E-state index contributed by atoms with van der Waals surface area (Å²) in [5.74, 6) is -0.0163. The molecular formula is C15H18N4O2. The topological polar surface area (TPSA) is 93.2 Å². The van der Waals surface area contributed by atoms with E-state index in [1.165, 1.54) is 28.4 Å². The van der Waals surface area contributed by atoms with Crippen LogP contribution in [0.1, 0.15) is 27.9 Å². The number of aliphatic hydroxyl groups excluding tert-OH is 1. The monoisotopic (exact) mass is 286 g/mol. The number of aromatic nitrogens is 2. The summed E-state index contributed by atoms with van der Waals surface area (Å²) in [7, 11) is 0. The molecule has 2 aromatic rings. The number of hydrogen-bond acceptors (Lipinski definition) is 4. The molecule has 0 aliphatic heterocycles. The summed E-state index contributed by atoms with van der Waals surface area (Å²) < 4.78 is 1.41. The van der Waals surface area contributed by atoms with Gasteiger partial charge in [-0.2, -0.15) is 5.10 Å². The third-order valence-corrected chi connectivity index (χ3v) is 3.79. The van der Waals surface area contributed by atoms with Gasteiger partial charge in [0.2, 0.25) is 0 Å². The highest BCUT2D eigenvalue weighted by Gasteiger charge is 2.16. The van der Waals surface area contributed by atoms with Gasteiger partial charge in [-0.25, -0.2) is 4.68 Å². The van der Waals surface area contributed by atoms with E-state index in [-0.39, 0.29) is 24.9 Å². The molecule has 4 N–H and O–H groups in total. The number of amides is 1. The minimum atomic E-state index is -0.283. The van der Waals surface area contributed by atoms with Crippen molar-refractivity contribution in [1.29, 1.82) is 0 Å². The van der Waals surface area contributed by atoms with Gasteiger partial charge in [-0.3, -0.25) is 4.79 Å². The van der Waals surface area contributed by atoms with Crippen LogP contribution < -0.4 is 11.1 Å². The molecule has 1 aliphatic carbocycles. The van der Waals surface area contributed by atoms with E-state index in [9.17, 15) is 4.79 Å². The number of nitrogen functional groups attached to an aromatic ring is 1. The molecule has 6 nitrogen and oxygen atoms in total. The summed E-state index contributed by atoms with van der Waals surface area (Å²) in [5, 5.41) is 15.7. The zero-order chi connectivity index (χ0) is 14.8. The number of aliphatic hydroxyl groups is 1. The van der Waals surface area contributed by atoms with E-state index >= 15 is 0 Å². The van der Waals surface area contributed by atoms with Crippen LogP contribution in [0.4, 0.5) is 11.5 Å². The standard InChI is InChI=1S/C15H18N4O2/c16-14-13(9-17-19(14)6-7-20)15(21)18-12-5-4-10-2-1-3-11(10)8-12/h4-5,8-9,20H,1-3,6-7,16H2,(H,18,21). The molecule has 1 aromatic carbocycles. The Balaban J connectivity index is 1.77. The highest BCUT2D eigenvalue weighted by Crippen LogP contribution is 2.25. The van der Waals surface area contributed by atoms with Crippen LogP contribution in [0.25, 0.3) is 0 Å². The van der Waals surface area contributed by atoms with Crippen LogP contribution in [-0.4, -0.2) is 27.4 Å². The molecule has 0 atom stereocenters. The number of fused-ring (bicyclic) bond motifs is 1. The first-order valence-electron chi connectivity index (χ1n) is 7.04. The number of nitrogens with zero attached hydrogens (tertiary/aromatic N) is 2. The third-order valence-electron chi connectivity index (χ3n) is 3.79. The number of nitrogens with two attached hydrogens (primary N) is 1. The summed E-state index contributed by atoms with van der Waals surface area (Å²) in [6, 6.07) is 6.00. The molecule has 110 valence electrons. The largest absolute Gasteiger partial charge is 0.394 e. The maximum Gasteiger partial charge on any atom is 0.261 e. The van der Waals surface area contributed by atoms with Gasteiger partial charge in [-0.1, -0.05) is 6.07 Å². The molecule has 0 fully saturated rings. The van der Waals surface area contributed by atoms with Crippen molar-refractivity contribution in [3.05, 3.63) is 41.1 Å². The van der Waals surface area contributed by atoms with E-state index in [2.05, 4.69) is 16.5 Å². The van der Waals surface area contributed by atoms with Gasteiger partial charge < -0.3 is 16.2 Å². The molecule has 0 unspecified atom stereocenters. The van der Waals surface area contributed by atoms with Crippen molar-refractivity contribution >= 4 is 17.4 Å². The SMILES string of the molecule is Nc1c(C(=O)Nc2ccc3c(c2)CCC3)cnn1CCO. The van der Waals surface area contributed by atoms with Crippen molar-refractivity contribution < 1.29 is 9.90 Å². The molecule has 0 saturated heterocycles. The molecule has 21 heavy (non-hydrogen) atoms. The van der Waals surface area contributed by atoms with E-state index in [0.29, 0.717) is 5.56 Å². The fourth-order valence-corrected chi connectivity index (χ4v) is 2.69. The summed E-state index contributed by atoms with van der Waals surface area (Å²) in [5.41, 5.74) is 9.63. The van der Waals surface area contributed by atoms with Crippen LogP contribution in [0.3, 0.4) is 0 Å². The Morgan fingerprint density at radius 3 is 3.00 bits per heavy atom. The van der Waals surface area contributed by atoms with E-state index in [1.54, 1.807) is 0 Å². The number of carbonyl (C=O) groups is 1. The van der Waals surface area contributed by atoms with Crippen LogP contribution in [-0.2, 0) is 19.4 Å². The minimum absolute atomic E-state index is 0.0717. The first-order valence-corrected chi connectivity index (χ1v) is 7.04. The van der Waals surface area contributed by atoms with Crippen LogP contribution in [0.5, 0.6) is 0 Å². The highest BCUT2D eigenvalue weighted by molar-refractivity contribution is 6.07. The molecule has 1 amide bonds. The van der Waals surface area contributed by atoms with Gasteiger partial charge in [0, 0.05) is 5.69 Å². The van der Waals surface area contributed by atoms with Gasteiger partial charge in [0.05, 0.1) is 19.3 Å². The summed E-state index contributed by atoms with van der Waals surface area (Å²) in [4.78, 5) is 12.2. The van der Waals surface area contributed by atoms with Gasteiger partial charge in [0.1, 0.15) is 11.4 Å². The van der Waals surface area contributed by atoms with Gasteiger partial charge in [-0.15, -0.1) is 0 Å². The van der Waals surface area contributed by atoms with Gasteiger partial charge in [-0.05, 0) is 42.5 Å². The van der Waals surface area contributed by atoms with Crippen molar-refractivity contribution in [3.63, 3.8) is 0 Å². The van der Waals surface area contributed by atoms with E-state index < -0.39 is 0 Å². The average molecular weight is 286 g/mol. The predicted molar refractivity (Wildman–Crippen MR) is 80.1 cm³/mol. The normalized spacial score (nSPS) is 13.2. The molecule has 3 rings (SSSR count). The number of benzene rings is 1. The number of rotatable bonds is 4. The second-order valence-electron chi connectivity index (χ2n) is 5.18.